The average molecular weight is 448 g/mol. The van der Waals surface area contributed by atoms with E-state index in [1.54, 1.807) is 11.7 Å². The number of ether oxygens (including phenoxy) is 1. The molecule has 4 heterocycles. The van der Waals surface area contributed by atoms with Gasteiger partial charge in [0.2, 0.25) is 5.91 Å². The van der Waals surface area contributed by atoms with Crippen LogP contribution in [0.5, 0.6) is 0 Å². The molecule has 2 aliphatic heterocycles. The molecule has 2 amide bonds. The Morgan fingerprint density at radius 1 is 1.19 bits per heavy atom. The van der Waals surface area contributed by atoms with Crippen molar-refractivity contribution in [2.45, 2.75) is 32.7 Å². The number of nitrogens with zero attached hydrogens (tertiary/aromatic N) is 4. The summed E-state index contributed by atoms with van der Waals surface area (Å²) in [6.07, 6.45) is 2.55. The number of rotatable bonds is 7. The summed E-state index contributed by atoms with van der Waals surface area (Å²) in [4.78, 5) is 47.9. The quantitative estimate of drug-likeness (QED) is 0.625. The van der Waals surface area contributed by atoms with Gasteiger partial charge in [-0.15, -0.1) is 11.3 Å². The van der Waals surface area contributed by atoms with Gasteiger partial charge >= 0.3 is 0 Å². The monoisotopic (exact) mass is 447 g/mol. The molecule has 0 spiro atoms. The summed E-state index contributed by atoms with van der Waals surface area (Å²) in [7, 11) is 1.64. The van der Waals surface area contributed by atoms with Gasteiger partial charge in [-0.05, 0) is 25.3 Å². The lowest BCUT2D eigenvalue weighted by Crippen LogP contribution is -2.51. The molecule has 10 heteroatoms. The van der Waals surface area contributed by atoms with Crippen molar-refractivity contribution in [2.75, 3.05) is 53.0 Å². The molecule has 2 aromatic rings. The van der Waals surface area contributed by atoms with E-state index >= 15 is 0 Å². The molecule has 0 aliphatic carbocycles. The standard InChI is InChI=1S/C21H29N5O4S/c1-14-17-19(23-15-5-3-7-26(15)20(17)28)31-18(14)21(29)25-10-8-24(9-11-25)13-16(27)22-6-4-12-30-2/h3-13H2,1-2H3,(H,22,27). The lowest BCUT2D eigenvalue weighted by molar-refractivity contribution is -0.122. The van der Waals surface area contributed by atoms with E-state index < -0.39 is 0 Å². The Kier molecular flexibility index (Phi) is 6.68. The third-order valence-corrected chi connectivity index (χ3v) is 7.15. The summed E-state index contributed by atoms with van der Waals surface area (Å²) in [5, 5.41) is 3.48. The van der Waals surface area contributed by atoms with Crippen LogP contribution in [0.25, 0.3) is 10.2 Å². The van der Waals surface area contributed by atoms with E-state index in [9.17, 15) is 14.4 Å². The predicted octanol–water partition coefficient (Wildman–Crippen LogP) is 0.623. The van der Waals surface area contributed by atoms with E-state index in [-0.39, 0.29) is 17.4 Å². The van der Waals surface area contributed by atoms with Crippen LogP contribution in [-0.4, -0.2) is 84.2 Å². The largest absolute Gasteiger partial charge is 0.385 e. The number of amides is 2. The van der Waals surface area contributed by atoms with Crippen molar-refractivity contribution in [2.24, 2.45) is 0 Å². The van der Waals surface area contributed by atoms with Gasteiger partial charge in [0.25, 0.3) is 11.5 Å². The van der Waals surface area contributed by atoms with Gasteiger partial charge in [-0.25, -0.2) is 4.98 Å². The normalized spacial score (nSPS) is 16.6. The number of methoxy groups -OCH3 is 1. The van der Waals surface area contributed by atoms with Crippen molar-refractivity contribution in [1.29, 1.82) is 0 Å². The summed E-state index contributed by atoms with van der Waals surface area (Å²) in [6.45, 7) is 6.55. The molecule has 0 saturated carbocycles. The van der Waals surface area contributed by atoms with E-state index in [0.29, 0.717) is 67.5 Å². The second-order valence-corrected chi connectivity index (χ2v) is 9.09. The van der Waals surface area contributed by atoms with Crippen LogP contribution in [0.3, 0.4) is 0 Å². The van der Waals surface area contributed by atoms with Gasteiger partial charge < -0.3 is 15.0 Å². The zero-order valence-corrected chi connectivity index (χ0v) is 18.9. The summed E-state index contributed by atoms with van der Waals surface area (Å²) < 4.78 is 6.72. The van der Waals surface area contributed by atoms with E-state index in [2.05, 4.69) is 15.2 Å². The van der Waals surface area contributed by atoms with Gasteiger partial charge in [-0.2, -0.15) is 0 Å². The molecule has 0 bridgehead atoms. The average Bonchev–Trinajstić information content (AvgIpc) is 3.36. The molecule has 0 atom stereocenters. The maximum atomic E-state index is 13.2. The number of thiophene rings is 1. The summed E-state index contributed by atoms with van der Waals surface area (Å²) in [6, 6.07) is 0. The minimum Gasteiger partial charge on any atom is -0.385 e. The van der Waals surface area contributed by atoms with Crippen molar-refractivity contribution in [3.05, 3.63) is 26.6 Å². The van der Waals surface area contributed by atoms with Crippen molar-refractivity contribution in [3.8, 4) is 0 Å². The summed E-state index contributed by atoms with van der Waals surface area (Å²) >= 11 is 1.33. The Bertz CT molecular complexity index is 1040. The molecule has 2 aliphatic rings. The minimum atomic E-state index is -0.0475. The summed E-state index contributed by atoms with van der Waals surface area (Å²) in [5.41, 5.74) is 0.717. The van der Waals surface area contributed by atoms with Gasteiger partial charge in [0, 0.05) is 59.4 Å². The van der Waals surface area contributed by atoms with Gasteiger partial charge in [-0.3, -0.25) is 23.9 Å². The predicted molar refractivity (Wildman–Crippen MR) is 119 cm³/mol. The third-order valence-electron chi connectivity index (χ3n) is 5.98. The first-order valence-electron chi connectivity index (χ1n) is 10.8. The number of fused-ring (bicyclic) bond motifs is 2. The lowest BCUT2D eigenvalue weighted by atomic mass is 10.2. The van der Waals surface area contributed by atoms with Crippen molar-refractivity contribution in [1.82, 2.24) is 24.7 Å². The van der Waals surface area contributed by atoms with Crippen molar-refractivity contribution < 1.29 is 14.3 Å². The Morgan fingerprint density at radius 3 is 2.71 bits per heavy atom. The van der Waals surface area contributed by atoms with Crippen molar-refractivity contribution in [3.63, 3.8) is 0 Å². The topological polar surface area (TPSA) is 96.8 Å². The second-order valence-electron chi connectivity index (χ2n) is 8.09. The number of piperazine rings is 1. The highest BCUT2D eigenvalue weighted by Gasteiger charge is 2.28. The van der Waals surface area contributed by atoms with Crippen LogP contribution in [0.2, 0.25) is 0 Å². The Hall–Kier alpha value is -2.30. The van der Waals surface area contributed by atoms with E-state index in [1.807, 2.05) is 11.8 Å². The molecule has 0 radical (unpaired) electrons. The minimum absolute atomic E-state index is 0.00386. The maximum absolute atomic E-state index is 13.2. The molecule has 0 aromatic carbocycles. The highest BCUT2D eigenvalue weighted by Crippen LogP contribution is 2.29. The lowest BCUT2D eigenvalue weighted by Gasteiger charge is -2.34. The zero-order chi connectivity index (χ0) is 22.0. The number of aromatic nitrogens is 2. The number of hydrogen-bond donors (Lipinski definition) is 1. The Labute approximate surface area is 185 Å². The second kappa shape index (κ2) is 9.46. The number of hydrogen-bond acceptors (Lipinski definition) is 7. The van der Waals surface area contributed by atoms with Crippen LogP contribution >= 0.6 is 11.3 Å². The fourth-order valence-corrected chi connectivity index (χ4v) is 5.39. The first-order valence-corrected chi connectivity index (χ1v) is 11.6. The molecular weight excluding hydrogens is 418 g/mol. The maximum Gasteiger partial charge on any atom is 0.264 e. The number of carbonyl (C=O) groups is 2. The van der Waals surface area contributed by atoms with Crippen LogP contribution in [0.15, 0.2) is 4.79 Å². The molecule has 2 aromatic heterocycles. The molecule has 31 heavy (non-hydrogen) atoms. The molecule has 168 valence electrons. The Morgan fingerprint density at radius 2 is 1.97 bits per heavy atom. The summed E-state index contributed by atoms with van der Waals surface area (Å²) in [5.74, 6) is 0.774. The zero-order valence-electron chi connectivity index (χ0n) is 18.1. The smallest absolute Gasteiger partial charge is 0.264 e. The van der Waals surface area contributed by atoms with Crippen molar-refractivity contribution >= 4 is 33.4 Å². The highest BCUT2D eigenvalue weighted by atomic mass is 32.1. The molecule has 9 nitrogen and oxygen atoms in total. The number of nitrogens with one attached hydrogen (secondary N) is 1. The number of carbonyl (C=O) groups excluding carboxylic acids is 2. The van der Waals surface area contributed by atoms with Crippen LogP contribution in [0, 0.1) is 6.92 Å². The molecule has 1 saturated heterocycles. The van der Waals surface area contributed by atoms with Gasteiger partial charge in [0.05, 0.1) is 16.8 Å². The highest BCUT2D eigenvalue weighted by molar-refractivity contribution is 7.20. The van der Waals surface area contributed by atoms with Gasteiger partial charge in [-0.1, -0.05) is 0 Å². The van der Waals surface area contributed by atoms with Gasteiger partial charge in [0.15, 0.2) is 0 Å². The molecule has 0 unspecified atom stereocenters. The molecule has 1 fully saturated rings. The fourth-order valence-electron chi connectivity index (χ4n) is 4.24. The van der Waals surface area contributed by atoms with E-state index in [0.717, 1.165) is 30.7 Å². The van der Waals surface area contributed by atoms with Crippen LogP contribution in [0.1, 0.15) is 33.9 Å². The SMILES string of the molecule is COCCCNC(=O)CN1CCN(C(=O)c2sc3nc4n(c(=O)c3c2C)CCC4)CC1. The van der Waals surface area contributed by atoms with Crippen LogP contribution < -0.4 is 10.9 Å². The molecular formula is C21H29N5O4S. The first kappa shape index (κ1) is 21.9. The van der Waals surface area contributed by atoms with Gasteiger partial charge in [0.1, 0.15) is 10.7 Å². The van der Waals surface area contributed by atoms with Crippen LogP contribution in [-0.2, 0) is 22.5 Å². The fraction of sp³-hybridized carbons (Fsp3) is 0.619. The number of aryl methyl sites for hydroxylation is 2. The third kappa shape index (κ3) is 4.51. The van der Waals surface area contributed by atoms with E-state index in [4.69, 9.17) is 4.74 Å². The van der Waals surface area contributed by atoms with E-state index in [1.165, 1.54) is 11.3 Å². The molecule has 1 N–H and O–H groups in total. The van der Waals surface area contributed by atoms with Crippen LogP contribution in [0.4, 0.5) is 0 Å². The Balaban J connectivity index is 1.37. The molecule has 4 rings (SSSR count). The first-order chi connectivity index (χ1) is 15.0.